The van der Waals surface area contributed by atoms with Crippen LogP contribution in [0.5, 0.6) is 0 Å². The standard InChI is InChI=1S/C33H42N4O4S.C2HF3O2/c1-4-5-7-15-32(39)35-27-16-17-30-25(22-27)18-20-37(30)21-19-33(2,3)34-24-31(38)26-11-10-12-28(23-26)36-42(40,41)29-13-8-6-9-14-29;3-2(4,5)1(6)7/h6,8-14,16-18,20,22-23,31,34,36,38H,4-5,7,15,19,21,24H2,1-3H3,(H,35,39);(H,6,7)/t31-;/m0./s1. The Kier molecular flexibility index (Phi) is 13.8. The van der Waals surface area contributed by atoms with Crippen molar-refractivity contribution in [3.05, 3.63) is 90.6 Å². The first-order chi connectivity index (χ1) is 23.0. The average Bonchev–Trinajstić information content (AvgIpc) is 3.45. The Morgan fingerprint density at radius 2 is 1.61 bits per heavy atom. The Hall–Kier alpha value is -4.40. The molecule has 49 heavy (non-hydrogen) atoms. The van der Waals surface area contributed by atoms with E-state index in [-0.39, 0.29) is 16.3 Å². The molecular weight excluding hydrogens is 661 g/mol. The quantitative estimate of drug-likeness (QED) is 0.0830. The van der Waals surface area contributed by atoms with Gasteiger partial charge in [-0.2, -0.15) is 13.2 Å². The maximum absolute atomic E-state index is 12.7. The molecule has 0 bridgehead atoms. The van der Waals surface area contributed by atoms with Crippen molar-refractivity contribution >= 4 is 44.2 Å². The van der Waals surface area contributed by atoms with Crippen LogP contribution in [-0.4, -0.2) is 53.3 Å². The molecule has 0 aliphatic carbocycles. The number of carboxylic acids is 1. The van der Waals surface area contributed by atoms with E-state index in [1.165, 1.54) is 12.1 Å². The number of benzene rings is 3. The summed E-state index contributed by atoms with van der Waals surface area (Å²) in [6.45, 7) is 7.42. The van der Waals surface area contributed by atoms with Gasteiger partial charge in [0, 0.05) is 53.5 Å². The number of hydrogen-bond donors (Lipinski definition) is 5. The molecule has 1 amide bonds. The van der Waals surface area contributed by atoms with Gasteiger partial charge in [-0.05, 0) is 80.8 Å². The summed E-state index contributed by atoms with van der Waals surface area (Å²) in [4.78, 5) is 21.3. The highest BCUT2D eigenvalue weighted by Crippen LogP contribution is 2.24. The number of carbonyl (C=O) groups is 2. The van der Waals surface area contributed by atoms with Gasteiger partial charge in [-0.15, -0.1) is 0 Å². The largest absolute Gasteiger partial charge is 0.490 e. The molecule has 0 fully saturated rings. The van der Waals surface area contributed by atoms with Crippen LogP contribution in [0.15, 0.2) is 90.0 Å². The number of anilines is 2. The lowest BCUT2D eigenvalue weighted by Gasteiger charge is -2.28. The number of aliphatic hydroxyl groups excluding tert-OH is 1. The van der Waals surface area contributed by atoms with Crippen molar-refractivity contribution in [2.24, 2.45) is 0 Å². The number of aliphatic carboxylic acids is 1. The minimum atomic E-state index is -5.08. The summed E-state index contributed by atoms with van der Waals surface area (Å²) in [6.07, 6.45) is 0.585. The summed E-state index contributed by atoms with van der Waals surface area (Å²) in [5.41, 5.74) is 2.67. The second kappa shape index (κ2) is 17.3. The Morgan fingerprint density at radius 1 is 0.918 bits per heavy atom. The van der Waals surface area contributed by atoms with Crippen LogP contribution in [0.4, 0.5) is 24.5 Å². The van der Waals surface area contributed by atoms with Crippen molar-refractivity contribution in [2.75, 3.05) is 16.6 Å². The van der Waals surface area contributed by atoms with Gasteiger partial charge in [-0.3, -0.25) is 9.52 Å². The van der Waals surface area contributed by atoms with Crippen LogP contribution in [0.3, 0.4) is 0 Å². The molecule has 0 aliphatic rings. The number of alkyl halides is 3. The molecule has 4 rings (SSSR count). The van der Waals surface area contributed by atoms with Gasteiger partial charge in [0.2, 0.25) is 5.91 Å². The number of aromatic nitrogens is 1. The lowest BCUT2D eigenvalue weighted by molar-refractivity contribution is -0.192. The molecule has 1 atom stereocenters. The molecule has 1 heterocycles. The van der Waals surface area contributed by atoms with Gasteiger partial charge >= 0.3 is 12.1 Å². The molecule has 14 heteroatoms. The number of β-amino-alcohol motifs (C(OH)–C–C–N with tert-alkyl or cyclic N) is 1. The molecular formula is C35H43F3N4O6S. The molecule has 0 aliphatic heterocycles. The number of aryl methyl sites for hydroxylation is 1. The van der Waals surface area contributed by atoms with Crippen LogP contribution < -0.4 is 15.4 Å². The van der Waals surface area contributed by atoms with E-state index in [9.17, 15) is 31.5 Å². The predicted molar refractivity (Wildman–Crippen MR) is 184 cm³/mol. The number of aliphatic hydroxyl groups is 1. The number of nitrogens with one attached hydrogen (secondary N) is 3. The lowest BCUT2D eigenvalue weighted by Crippen LogP contribution is -2.42. The van der Waals surface area contributed by atoms with Gasteiger partial charge < -0.3 is 25.4 Å². The minimum Gasteiger partial charge on any atom is -0.475 e. The zero-order valence-corrected chi connectivity index (χ0v) is 28.4. The number of carbonyl (C=O) groups excluding carboxylic acids is 1. The van der Waals surface area contributed by atoms with Crippen LogP contribution >= 0.6 is 0 Å². The third-order valence-corrected chi connectivity index (χ3v) is 9.03. The van der Waals surface area contributed by atoms with Crippen molar-refractivity contribution in [3.63, 3.8) is 0 Å². The summed E-state index contributed by atoms with van der Waals surface area (Å²) < 4.78 is 61.9. The molecule has 0 radical (unpaired) electrons. The van der Waals surface area contributed by atoms with Crippen molar-refractivity contribution < 1.29 is 41.4 Å². The fraction of sp³-hybridized carbons (Fsp3) is 0.371. The molecule has 0 unspecified atom stereocenters. The van der Waals surface area contributed by atoms with E-state index in [0.717, 1.165) is 48.8 Å². The highest BCUT2D eigenvalue weighted by molar-refractivity contribution is 7.92. The predicted octanol–water partition coefficient (Wildman–Crippen LogP) is 7.09. The molecule has 266 valence electrons. The van der Waals surface area contributed by atoms with E-state index in [1.54, 1.807) is 42.5 Å². The number of sulfonamides is 1. The van der Waals surface area contributed by atoms with Crippen LogP contribution in [0, 0.1) is 0 Å². The van der Waals surface area contributed by atoms with Gasteiger partial charge in [-0.1, -0.05) is 50.1 Å². The van der Waals surface area contributed by atoms with Crippen LogP contribution in [0.1, 0.15) is 64.5 Å². The van der Waals surface area contributed by atoms with Gasteiger partial charge in [0.15, 0.2) is 0 Å². The second-order valence-corrected chi connectivity index (χ2v) is 13.8. The van der Waals surface area contributed by atoms with Crippen LogP contribution in [0.2, 0.25) is 0 Å². The highest BCUT2D eigenvalue weighted by Gasteiger charge is 2.38. The first-order valence-electron chi connectivity index (χ1n) is 15.8. The lowest BCUT2D eigenvalue weighted by atomic mass is 9.99. The van der Waals surface area contributed by atoms with Crippen molar-refractivity contribution in [2.45, 2.75) is 82.1 Å². The first kappa shape index (κ1) is 39.0. The molecule has 4 aromatic rings. The number of hydrogen-bond acceptors (Lipinski definition) is 6. The smallest absolute Gasteiger partial charge is 0.475 e. The highest BCUT2D eigenvalue weighted by atomic mass is 32.2. The van der Waals surface area contributed by atoms with E-state index in [0.29, 0.717) is 24.2 Å². The van der Waals surface area contributed by atoms with Crippen LogP contribution in [0.25, 0.3) is 10.9 Å². The zero-order chi connectivity index (χ0) is 36.2. The Balaban J connectivity index is 0.000000838. The molecule has 0 spiro atoms. The Bertz CT molecular complexity index is 1790. The third-order valence-electron chi connectivity index (χ3n) is 7.63. The first-order valence-corrected chi connectivity index (χ1v) is 17.3. The van der Waals surface area contributed by atoms with Gasteiger partial charge in [-0.25, -0.2) is 13.2 Å². The van der Waals surface area contributed by atoms with Crippen molar-refractivity contribution in [3.8, 4) is 0 Å². The van der Waals surface area contributed by atoms with E-state index in [1.807, 2.05) is 18.2 Å². The fourth-order valence-corrected chi connectivity index (χ4v) is 5.90. The third kappa shape index (κ3) is 12.5. The maximum atomic E-state index is 12.7. The van der Waals surface area contributed by atoms with E-state index >= 15 is 0 Å². The number of carboxylic acid groups (broad SMARTS) is 1. The molecule has 1 aromatic heterocycles. The Labute approximate surface area is 284 Å². The maximum Gasteiger partial charge on any atom is 0.490 e. The van der Waals surface area contributed by atoms with Crippen molar-refractivity contribution in [1.29, 1.82) is 0 Å². The number of fused-ring (bicyclic) bond motifs is 1. The summed E-state index contributed by atoms with van der Waals surface area (Å²) in [5, 5.41) is 25.6. The number of amides is 1. The zero-order valence-electron chi connectivity index (χ0n) is 27.6. The number of unbranched alkanes of at least 4 members (excludes halogenated alkanes) is 2. The normalized spacial score (nSPS) is 12.6. The van der Waals surface area contributed by atoms with Gasteiger partial charge in [0.1, 0.15) is 0 Å². The Morgan fingerprint density at radius 3 is 2.27 bits per heavy atom. The molecule has 0 saturated heterocycles. The van der Waals surface area contributed by atoms with Crippen molar-refractivity contribution in [1.82, 2.24) is 9.88 Å². The summed E-state index contributed by atoms with van der Waals surface area (Å²) in [5.74, 6) is -2.70. The van der Waals surface area contributed by atoms with E-state index in [4.69, 9.17) is 9.90 Å². The number of nitrogens with zero attached hydrogens (tertiary/aromatic N) is 1. The van der Waals surface area contributed by atoms with E-state index in [2.05, 4.69) is 53.0 Å². The monoisotopic (exact) mass is 704 g/mol. The topological polar surface area (TPSA) is 150 Å². The summed E-state index contributed by atoms with van der Waals surface area (Å²) >= 11 is 0. The molecule has 3 aromatic carbocycles. The number of rotatable bonds is 15. The SMILES string of the molecule is CCCCCC(=O)Nc1ccc2c(ccn2CCC(C)(C)NC[C@H](O)c2cccc(NS(=O)(=O)c3ccccc3)c2)c1.O=C(O)C(F)(F)F. The molecule has 10 nitrogen and oxygen atoms in total. The summed E-state index contributed by atoms with van der Waals surface area (Å²) in [6, 6.07) is 23.1. The second-order valence-electron chi connectivity index (χ2n) is 12.2. The average molecular weight is 705 g/mol. The van der Waals surface area contributed by atoms with Gasteiger partial charge in [0.05, 0.1) is 11.0 Å². The minimum absolute atomic E-state index is 0.0532. The summed E-state index contributed by atoms with van der Waals surface area (Å²) in [7, 11) is -3.72. The molecule has 5 N–H and O–H groups in total. The van der Waals surface area contributed by atoms with E-state index < -0.39 is 28.3 Å². The van der Waals surface area contributed by atoms with Gasteiger partial charge in [0.25, 0.3) is 10.0 Å². The molecule has 0 saturated carbocycles. The number of halogens is 3. The fourth-order valence-electron chi connectivity index (χ4n) is 4.83. The van der Waals surface area contributed by atoms with Crippen LogP contribution in [-0.2, 0) is 26.2 Å².